The van der Waals surface area contributed by atoms with E-state index in [1.165, 1.54) is 4.90 Å². The molecular formula is C32H58BN3O9. The third kappa shape index (κ3) is 10.5. The van der Waals surface area contributed by atoms with Crippen LogP contribution in [-0.4, -0.2) is 87.8 Å². The van der Waals surface area contributed by atoms with Crippen molar-refractivity contribution in [3.63, 3.8) is 0 Å². The first kappa shape index (κ1) is 38.6. The predicted molar refractivity (Wildman–Crippen MR) is 172 cm³/mol. The van der Waals surface area contributed by atoms with Gasteiger partial charge in [0.2, 0.25) is 5.91 Å². The van der Waals surface area contributed by atoms with Gasteiger partial charge in [0.05, 0.1) is 11.2 Å². The number of nitrogens with one attached hydrogen (secondary N) is 2. The van der Waals surface area contributed by atoms with Crippen LogP contribution in [0.3, 0.4) is 0 Å². The van der Waals surface area contributed by atoms with Gasteiger partial charge in [0, 0.05) is 19.0 Å². The third-order valence-corrected chi connectivity index (χ3v) is 8.53. The van der Waals surface area contributed by atoms with E-state index in [4.69, 9.17) is 18.8 Å². The van der Waals surface area contributed by atoms with Gasteiger partial charge in [-0.05, 0) is 93.8 Å². The number of ether oxygens (including phenoxy) is 2. The van der Waals surface area contributed by atoms with Crippen LogP contribution in [0.5, 0.6) is 0 Å². The van der Waals surface area contributed by atoms with Gasteiger partial charge in [-0.3, -0.25) is 9.69 Å². The van der Waals surface area contributed by atoms with Gasteiger partial charge >= 0.3 is 25.3 Å². The van der Waals surface area contributed by atoms with E-state index in [1.54, 1.807) is 41.5 Å². The zero-order valence-electron chi connectivity index (χ0n) is 29.8. The van der Waals surface area contributed by atoms with Crippen LogP contribution in [0.25, 0.3) is 0 Å². The molecule has 0 aromatic carbocycles. The van der Waals surface area contributed by atoms with Gasteiger partial charge in [-0.15, -0.1) is 0 Å². The summed E-state index contributed by atoms with van der Waals surface area (Å²) in [6, 6.07) is -1.52. The summed E-state index contributed by atoms with van der Waals surface area (Å²) < 4.78 is 23.2. The lowest BCUT2D eigenvalue weighted by atomic mass is 9.77. The van der Waals surface area contributed by atoms with E-state index in [0.717, 1.165) is 0 Å². The maximum Gasteiger partial charge on any atom is 0.457 e. The molecule has 12 nitrogen and oxygen atoms in total. The van der Waals surface area contributed by atoms with Crippen LogP contribution in [0.4, 0.5) is 9.59 Å². The molecule has 13 heteroatoms. The number of nitrogens with zero attached hydrogens (tertiary/aromatic N) is 1. The van der Waals surface area contributed by atoms with Crippen molar-refractivity contribution in [3.05, 3.63) is 0 Å². The van der Waals surface area contributed by atoms with E-state index < -0.39 is 76.6 Å². The minimum Gasteiger partial charge on any atom is -0.479 e. The number of aliphatic carboxylic acids is 1. The molecular weight excluding hydrogens is 581 g/mol. The summed E-state index contributed by atoms with van der Waals surface area (Å²) in [6.45, 7) is 23.9. The standard InChI is InChI=1S/C32H58BN3O9/c1-27(2,3)22(35-25(40)42-28(4,5)6)23(37)34-21-16-19-36(26(41)43-29(7,8)9)32(20-21,24(38)39)17-14-15-18-33-44-30(10,11)31(12,13)45-33/h21-22H,14-20H2,1-13H3,(H,34,37)(H,35,40)(H,38,39)/t21?,22-,32?/m1/s1. The Morgan fingerprint density at radius 1 is 0.911 bits per heavy atom. The number of hydrogen-bond acceptors (Lipinski definition) is 8. The molecule has 2 unspecified atom stereocenters. The van der Waals surface area contributed by atoms with Crippen molar-refractivity contribution >= 4 is 31.2 Å². The molecule has 258 valence electrons. The molecule has 3 atom stereocenters. The highest BCUT2D eigenvalue weighted by Crippen LogP contribution is 2.39. The van der Waals surface area contributed by atoms with Gasteiger partial charge in [0.25, 0.3) is 0 Å². The second-order valence-corrected chi connectivity index (χ2v) is 16.5. The molecule has 2 heterocycles. The van der Waals surface area contributed by atoms with E-state index in [-0.39, 0.29) is 19.4 Å². The quantitative estimate of drug-likeness (QED) is 0.218. The van der Waals surface area contributed by atoms with Gasteiger partial charge in [0.1, 0.15) is 22.8 Å². The van der Waals surface area contributed by atoms with Crippen LogP contribution in [0, 0.1) is 5.41 Å². The first-order chi connectivity index (χ1) is 20.2. The van der Waals surface area contributed by atoms with Crippen molar-refractivity contribution in [2.75, 3.05) is 6.54 Å². The average molecular weight is 640 g/mol. The fourth-order valence-corrected chi connectivity index (χ4v) is 5.57. The van der Waals surface area contributed by atoms with Crippen LogP contribution in [0.1, 0.15) is 122 Å². The summed E-state index contributed by atoms with van der Waals surface area (Å²) in [7, 11) is -0.414. The first-order valence-electron chi connectivity index (χ1n) is 16.1. The average Bonchev–Trinajstić information content (AvgIpc) is 3.02. The van der Waals surface area contributed by atoms with E-state index in [9.17, 15) is 24.3 Å². The van der Waals surface area contributed by atoms with Gasteiger partial charge in [-0.1, -0.05) is 33.6 Å². The molecule has 0 aromatic rings. The van der Waals surface area contributed by atoms with Crippen LogP contribution in [0.15, 0.2) is 0 Å². The maximum atomic E-state index is 13.6. The second-order valence-electron chi connectivity index (χ2n) is 16.5. The Bertz CT molecular complexity index is 1070. The molecule has 0 bridgehead atoms. The molecule has 2 saturated heterocycles. The molecule has 2 aliphatic heterocycles. The van der Waals surface area contributed by atoms with Crippen molar-refractivity contribution in [2.45, 2.75) is 168 Å². The number of likely N-dealkylation sites (tertiary alicyclic amines) is 1. The molecule has 2 aliphatic rings. The number of amides is 3. The molecule has 0 aliphatic carbocycles. The Labute approximate surface area is 270 Å². The Morgan fingerprint density at radius 3 is 1.91 bits per heavy atom. The van der Waals surface area contributed by atoms with E-state index >= 15 is 0 Å². The number of alkyl carbamates (subject to hydrolysis) is 1. The molecule has 2 fully saturated rings. The fourth-order valence-electron chi connectivity index (χ4n) is 5.57. The molecule has 0 spiro atoms. The normalized spacial score (nSPS) is 24.1. The zero-order valence-corrected chi connectivity index (χ0v) is 29.8. The van der Waals surface area contributed by atoms with Gasteiger partial charge in [0.15, 0.2) is 0 Å². The SMILES string of the molecule is CC(C)(C)OC(=O)N[C@H](C(=O)NC1CCN(C(=O)OC(C)(C)C)C(CCCCB2OC(C)(C)C(C)(C)O2)(C(=O)O)C1)C(C)(C)C. The number of carbonyl (C=O) groups is 4. The highest BCUT2D eigenvalue weighted by atomic mass is 16.7. The van der Waals surface area contributed by atoms with Gasteiger partial charge < -0.3 is 34.5 Å². The molecule has 2 rings (SSSR count). The van der Waals surface area contributed by atoms with E-state index in [1.807, 2.05) is 48.5 Å². The van der Waals surface area contributed by atoms with Gasteiger partial charge in [-0.2, -0.15) is 0 Å². The van der Waals surface area contributed by atoms with Crippen molar-refractivity contribution in [1.29, 1.82) is 0 Å². The summed E-state index contributed by atoms with van der Waals surface area (Å²) in [5.41, 5.74) is -4.80. The summed E-state index contributed by atoms with van der Waals surface area (Å²) in [6.07, 6.45) is 0.659. The smallest absolute Gasteiger partial charge is 0.457 e. The summed E-state index contributed by atoms with van der Waals surface area (Å²) in [4.78, 5) is 53.9. The highest BCUT2D eigenvalue weighted by molar-refractivity contribution is 6.45. The van der Waals surface area contributed by atoms with Crippen LogP contribution in [0.2, 0.25) is 6.32 Å². The van der Waals surface area contributed by atoms with Crippen molar-refractivity contribution in [1.82, 2.24) is 15.5 Å². The fraction of sp³-hybridized carbons (Fsp3) is 0.875. The summed E-state index contributed by atoms with van der Waals surface area (Å²) in [5, 5.41) is 16.3. The van der Waals surface area contributed by atoms with E-state index in [0.29, 0.717) is 25.6 Å². The predicted octanol–water partition coefficient (Wildman–Crippen LogP) is 5.53. The zero-order chi connectivity index (χ0) is 34.8. The number of hydrogen-bond donors (Lipinski definition) is 3. The first-order valence-corrected chi connectivity index (χ1v) is 16.1. The van der Waals surface area contributed by atoms with Gasteiger partial charge in [-0.25, -0.2) is 14.4 Å². The monoisotopic (exact) mass is 639 g/mol. The molecule has 0 radical (unpaired) electrons. The van der Waals surface area contributed by atoms with Crippen molar-refractivity contribution < 1.29 is 43.1 Å². The Balaban J connectivity index is 2.26. The topological polar surface area (TPSA) is 153 Å². The minimum absolute atomic E-state index is 0.0207. The van der Waals surface area contributed by atoms with Crippen LogP contribution >= 0.6 is 0 Å². The lowest BCUT2D eigenvalue weighted by Crippen LogP contribution is -2.65. The Morgan fingerprint density at radius 2 is 1.44 bits per heavy atom. The molecule has 3 amide bonds. The summed E-state index contributed by atoms with van der Waals surface area (Å²) >= 11 is 0. The Hall–Kier alpha value is -2.54. The largest absolute Gasteiger partial charge is 0.479 e. The van der Waals surface area contributed by atoms with E-state index in [2.05, 4.69) is 10.6 Å². The number of carbonyl (C=O) groups excluding carboxylic acids is 3. The summed E-state index contributed by atoms with van der Waals surface area (Å²) in [5.74, 6) is -1.62. The maximum absolute atomic E-state index is 13.6. The third-order valence-electron chi connectivity index (χ3n) is 8.53. The minimum atomic E-state index is -1.62. The van der Waals surface area contributed by atoms with Crippen LogP contribution < -0.4 is 10.6 Å². The van der Waals surface area contributed by atoms with Crippen molar-refractivity contribution in [2.24, 2.45) is 5.41 Å². The van der Waals surface area contributed by atoms with Crippen LogP contribution in [-0.2, 0) is 28.4 Å². The number of carboxylic acid groups (broad SMARTS) is 1. The molecule has 45 heavy (non-hydrogen) atoms. The number of rotatable bonds is 9. The van der Waals surface area contributed by atoms with Crippen molar-refractivity contribution in [3.8, 4) is 0 Å². The highest BCUT2D eigenvalue weighted by Gasteiger charge is 2.53. The number of piperidine rings is 1. The molecule has 0 saturated carbocycles. The second kappa shape index (κ2) is 13.7. The number of carboxylic acids is 1. The lowest BCUT2D eigenvalue weighted by Gasteiger charge is -2.47. The Kier molecular flexibility index (Phi) is 11.7. The molecule has 3 N–H and O–H groups in total. The number of unbranched alkanes of at least 4 members (excludes halogenated alkanes) is 1. The lowest BCUT2D eigenvalue weighted by molar-refractivity contribution is -0.156. The molecule has 0 aromatic heterocycles.